The molecule has 8 aromatic rings. The molecule has 0 spiro atoms. The number of amides is 9. The van der Waals surface area contributed by atoms with Crippen molar-refractivity contribution >= 4 is 105 Å². The second kappa shape index (κ2) is 45.1. The van der Waals surface area contributed by atoms with Crippen molar-refractivity contribution in [1.82, 2.24) is 93.8 Å². The molecule has 2 saturated heterocycles. The molecule has 0 saturated carbocycles. The van der Waals surface area contributed by atoms with E-state index in [2.05, 4.69) is 106 Å². The summed E-state index contributed by atoms with van der Waals surface area (Å²) in [6.07, 6.45) is 10.7. The molecule has 0 bridgehead atoms. The van der Waals surface area contributed by atoms with E-state index in [-0.39, 0.29) is 123 Å². The Hall–Kier alpha value is -10.9. The fraction of sp³-hybridized carbons (Fsp3) is 0.512. The summed E-state index contributed by atoms with van der Waals surface area (Å²) in [5, 5.41) is 35.4. The number of anilines is 4. The van der Waals surface area contributed by atoms with E-state index in [1.807, 2.05) is 31.2 Å². The Bertz CT molecular complexity index is 4890. The SMILES string of the molecule is Cc1sc2c(c1C)C(c1ccc(Cl)cc1)=N[C@@H](CC(=O)NC1CCN(CCOCCOCCOCCN3CCN(CCOCCOCCOCCNC(=O)CCNC(=O)c4nc(NC(=O)CCNC(=O)c5cc(NC(=O)c6nc(NC(=O)CCNC(=O)c7cc(NC(=O)c8nccn8C)cn7C)cn6C)cn5C)cn4C)CC3)CC1)c1nnc(C)n1-2. The molecule has 41 heteroatoms. The largest absolute Gasteiger partial charge is 0.378 e. The second-order valence-electron chi connectivity index (χ2n) is 29.5. The van der Waals surface area contributed by atoms with E-state index in [4.69, 9.17) is 45.0 Å². The van der Waals surface area contributed by atoms with Gasteiger partial charge in [0.1, 0.15) is 28.3 Å². The van der Waals surface area contributed by atoms with E-state index < -0.39 is 47.4 Å². The summed E-state index contributed by atoms with van der Waals surface area (Å²) in [6, 6.07) is 10.2. The van der Waals surface area contributed by atoms with Crippen LogP contribution in [-0.4, -0.2) is 297 Å². The smallest absolute Gasteiger partial charge is 0.291 e. The van der Waals surface area contributed by atoms with Gasteiger partial charge in [0.05, 0.1) is 103 Å². The molecule has 652 valence electrons. The molecule has 2 fully saturated rings. The molecule has 7 aromatic heterocycles. The number of carbonyl (C=O) groups excluding carboxylic acids is 9. The molecule has 3 aliphatic rings. The number of aliphatic imine (C=N–C) groups is 1. The normalized spacial score (nSPS) is 14.5. The summed E-state index contributed by atoms with van der Waals surface area (Å²) in [5.74, 6) is -2.19. The van der Waals surface area contributed by atoms with Crippen LogP contribution in [-0.2, 0) is 82.8 Å². The van der Waals surface area contributed by atoms with Gasteiger partial charge in [-0.1, -0.05) is 23.7 Å². The summed E-state index contributed by atoms with van der Waals surface area (Å²) >= 11 is 7.98. The number of carbonyl (C=O) groups is 9. The van der Waals surface area contributed by atoms with Crippen molar-refractivity contribution < 1.29 is 71.6 Å². The van der Waals surface area contributed by atoms with Crippen LogP contribution in [0.3, 0.4) is 0 Å². The van der Waals surface area contributed by atoms with Crippen LogP contribution >= 0.6 is 22.9 Å². The van der Waals surface area contributed by atoms with Crippen LogP contribution in [0.5, 0.6) is 0 Å². The Morgan fingerprint density at radius 2 is 0.959 bits per heavy atom. The van der Waals surface area contributed by atoms with Gasteiger partial charge in [-0.3, -0.25) is 62.5 Å². The molecule has 1 aromatic carbocycles. The Morgan fingerprint density at radius 3 is 1.47 bits per heavy atom. The zero-order valence-corrected chi connectivity index (χ0v) is 71.2. The summed E-state index contributed by atoms with van der Waals surface area (Å²) < 4.78 is 44.1. The van der Waals surface area contributed by atoms with Gasteiger partial charge in [-0.05, 0) is 63.4 Å². The maximum absolute atomic E-state index is 13.7. The van der Waals surface area contributed by atoms with Crippen molar-refractivity contribution in [2.24, 2.45) is 40.2 Å². The first-order chi connectivity index (χ1) is 58.4. The third kappa shape index (κ3) is 26.5. The molecule has 9 amide bonds. The predicted molar refractivity (Wildman–Crippen MR) is 451 cm³/mol. The molecule has 39 nitrogen and oxygen atoms in total. The van der Waals surface area contributed by atoms with E-state index >= 15 is 0 Å². The zero-order valence-electron chi connectivity index (χ0n) is 69.6. The maximum atomic E-state index is 13.7. The van der Waals surface area contributed by atoms with Gasteiger partial charge in [-0.2, -0.15) is 0 Å². The van der Waals surface area contributed by atoms with E-state index in [9.17, 15) is 43.2 Å². The molecule has 0 unspecified atom stereocenters. The van der Waals surface area contributed by atoms with Crippen LogP contribution < -0.4 is 47.9 Å². The van der Waals surface area contributed by atoms with Gasteiger partial charge in [0.15, 0.2) is 23.3 Å². The third-order valence-corrected chi connectivity index (χ3v) is 21.9. The minimum absolute atomic E-state index is 0.00231. The number of aromatic nitrogens is 11. The van der Waals surface area contributed by atoms with Crippen LogP contribution in [0.25, 0.3) is 5.00 Å². The van der Waals surface area contributed by atoms with Crippen molar-refractivity contribution in [2.75, 3.05) is 186 Å². The number of likely N-dealkylation sites (tertiary alicyclic amines) is 1. The van der Waals surface area contributed by atoms with Crippen molar-refractivity contribution in [3.63, 3.8) is 0 Å². The summed E-state index contributed by atoms with van der Waals surface area (Å²) in [7, 11) is 8.07. The molecule has 0 aliphatic carbocycles. The highest BCUT2D eigenvalue weighted by Gasteiger charge is 2.34. The third-order valence-electron chi connectivity index (χ3n) is 20.5. The van der Waals surface area contributed by atoms with Gasteiger partial charge < -0.3 is 104 Å². The number of fused-ring (bicyclic) bond motifs is 3. The lowest BCUT2D eigenvalue weighted by atomic mass is 9.99. The van der Waals surface area contributed by atoms with Gasteiger partial charge in [-0.25, -0.2) is 15.0 Å². The highest BCUT2D eigenvalue weighted by Crippen LogP contribution is 2.40. The molecule has 1 atom stereocenters. The number of piperazine rings is 1. The van der Waals surface area contributed by atoms with Crippen molar-refractivity contribution in [3.8, 4) is 5.00 Å². The molecule has 3 aliphatic heterocycles. The van der Waals surface area contributed by atoms with E-state index in [0.717, 1.165) is 105 Å². The second-order valence-corrected chi connectivity index (χ2v) is 31.1. The van der Waals surface area contributed by atoms with Crippen molar-refractivity contribution in [2.45, 2.75) is 71.4 Å². The standard InChI is InChI=1S/C80H109ClN24O15S/c1-52-53(2)121-80-69(52)70(55-9-11-56(81)12-10-55)90-60(71-96-95-54(3)105(71)80)47-68(109)87-57-16-23-102(24-17-57)30-34-116-38-43-120-44-40-118-36-32-104-28-26-103(27-29-104)31-35-117-39-42-119-41-37-115-33-22-82-65(106)13-18-86-77(112)73-93-63(50-100(73)7)91-66(107)14-19-85-76(111)62-46-59(49-99(62)6)89-79(114)74-94-64(51-101(74)8)92-67(108)15-20-84-75(110)61-45-58(48-98(61)5)88-78(113)72-83-21-25-97(72)4/h9-12,21,25,45-46,48-51,57,60H,13-20,22-24,26-44,47H2,1-8H3,(H,82,106)(H,84,110)(H,85,111)(H,86,112)(H,87,109)(H,88,113)(H,89,114)(H,91,107)(H,92,108)/t60-/m0/s1. The lowest BCUT2D eigenvalue weighted by Gasteiger charge is -2.34. The first-order valence-electron chi connectivity index (χ1n) is 40.4. The number of hydrogen-bond acceptors (Lipinski definition) is 25. The number of piperidine rings is 1. The van der Waals surface area contributed by atoms with Crippen molar-refractivity contribution in [1.29, 1.82) is 0 Å². The number of halogens is 1. The number of imidazole rings is 3. The lowest BCUT2D eigenvalue weighted by Crippen LogP contribution is -2.48. The van der Waals surface area contributed by atoms with Crippen LogP contribution in [0, 0.1) is 20.8 Å². The topological polar surface area (TPSA) is 433 Å². The number of nitrogens with zero attached hydrogens (tertiary/aromatic N) is 15. The number of thiophene rings is 1. The number of nitrogens with one attached hydrogen (secondary N) is 9. The first-order valence-corrected chi connectivity index (χ1v) is 41.6. The Kier molecular flexibility index (Phi) is 33.9. The fourth-order valence-corrected chi connectivity index (χ4v) is 15.2. The van der Waals surface area contributed by atoms with E-state index in [1.54, 1.807) is 63.5 Å². The average molecular weight is 1710 g/mol. The van der Waals surface area contributed by atoms with Gasteiger partial charge in [0.2, 0.25) is 35.3 Å². The Morgan fingerprint density at radius 1 is 0.488 bits per heavy atom. The van der Waals surface area contributed by atoms with Gasteiger partial charge in [0, 0.05) is 204 Å². The summed E-state index contributed by atoms with van der Waals surface area (Å²) in [6.45, 7) is 20.4. The molecule has 11 rings (SSSR count). The van der Waals surface area contributed by atoms with Crippen LogP contribution in [0.4, 0.5) is 23.0 Å². The molecule has 9 N–H and O–H groups in total. The maximum Gasteiger partial charge on any atom is 0.291 e. The number of hydrogen-bond donors (Lipinski definition) is 9. The molecular formula is C80H109ClN24O15S. The van der Waals surface area contributed by atoms with Gasteiger partial charge in [0.25, 0.3) is 29.5 Å². The van der Waals surface area contributed by atoms with Crippen LogP contribution in [0.1, 0.15) is 131 Å². The quantitative estimate of drug-likeness (QED) is 0.0247. The molecule has 0 radical (unpaired) electrons. The van der Waals surface area contributed by atoms with Crippen molar-refractivity contribution in [3.05, 3.63) is 141 Å². The first kappa shape index (κ1) is 90.8. The van der Waals surface area contributed by atoms with Crippen LogP contribution in [0.15, 0.2) is 78.6 Å². The van der Waals surface area contributed by atoms with Crippen LogP contribution in [0.2, 0.25) is 5.02 Å². The zero-order chi connectivity index (χ0) is 85.9. The molecular weight excluding hydrogens is 1600 g/mol. The molecule has 121 heavy (non-hydrogen) atoms. The fourth-order valence-electron chi connectivity index (χ4n) is 13.8. The minimum atomic E-state index is -0.636. The number of rotatable bonds is 46. The lowest BCUT2D eigenvalue weighted by molar-refractivity contribution is -0.123. The monoisotopic (exact) mass is 1710 g/mol. The Balaban J connectivity index is 0.441. The summed E-state index contributed by atoms with van der Waals surface area (Å²) in [4.78, 5) is 143. The highest BCUT2D eigenvalue weighted by molar-refractivity contribution is 7.15. The number of benzene rings is 1. The van der Waals surface area contributed by atoms with E-state index in [1.165, 1.54) is 60.1 Å². The Labute approximate surface area is 709 Å². The number of aryl methyl sites for hydroxylation is 7. The number of ether oxygens (including phenoxy) is 6. The predicted octanol–water partition coefficient (Wildman–Crippen LogP) is 3.32. The molecule has 10 heterocycles. The summed E-state index contributed by atoms with van der Waals surface area (Å²) in [5.41, 5.74) is 5.02. The van der Waals surface area contributed by atoms with Gasteiger partial charge >= 0.3 is 0 Å². The highest BCUT2D eigenvalue weighted by atomic mass is 35.5. The minimum Gasteiger partial charge on any atom is -0.378 e. The average Bonchev–Trinajstić information content (AvgIpc) is 1.59. The van der Waals surface area contributed by atoms with E-state index in [0.29, 0.717) is 89.2 Å². The van der Waals surface area contributed by atoms with Gasteiger partial charge in [-0.15, -0.1) is 21.5 Å².